The van der Waals surface area contributed by atoms with Crippen LogP contribution in [-0.4, -0.2) is 8.42 Å². The lowest BCUT2D eigenvalue weighted by Crippen LogP contribution is -2.03. The maximum Gasteiger partial charge on any atom is 0.265 e. The van der Waals surface area contributed by atoms with Crippen LogP contribution < -0.4 is 4.74 Å². The van der Waals surface area contributed by atoms with Crippen molar-refractivity contribution in [3.05, 3.63) is 58.1 Å². The summed E-state index contributed by atoms with van der Waals surface area (Å²) in [7, 11) is 1.04. The molecule has 0 aliphatic heterocycles. The number of hydrogen-bond acceptors (Lipinski definition) is 3. The second-order valence-corrected chi connectivity index (χ2v) is 7.50. The minimum atomic E-state index is -4.17. The second kappa shape index (κ2) is 6.29. The fourth-order valence-corrected chi connectivity index (χ4v) is 2.90. The average Bonchev–Trinajstić information content (AvgIpc) is 2.38. The monoisotopic (exact) mass is 396 g/mol. The van der Waals surface area contributed by atoms with Crippen molar-refractivity contribution in [2.24, 2.45) is 0 Å². The highest BCUT2D eigenvalue weighted by Crippen LogP contribution is 2.28. The first kappa shape index (κ1) is 16.2. The third-order valence-electron chi connectivity index (χ3n) is 2.57. The van der Waals surface area contributed by atoms with Crippen molar-refractivity contribution in [3.8, 4) is 5.75 Å². The molecule has 2 aromatic rings. The molecule has 0 N–H and O–H groups in total. The molecule has 0 saturated carbocycles. The van der Waals surface area contributed by atoms with Gasteiger partial charge < -0.3 is 4.74 Å². The van der Waals surface area contributed by atoms with Gasteiger partial charge in [0.15, 0.2) is 0 Å². The highest BCUT2D eigenvalue weighted by Gasteiger charge is 2.18. The molecule has 0 saturated heterocycles. The minimum Gasteiger partial charge on any atom is -0.487 e. The summed E-state index contributed by atoms with van der Waals surface area (Å²) in [5.41, 5.74) is 0.223. The summed E-state index contributed by atoms with van der Waals surface area (Å²) >= 11 is 3.12. The van der Waals surface area contributed by atoms with Crippen molar-refractivity contribution < 1.29 is 21.9 Å². The molecule has 21 heavy (non-hydrogen) atoms. The van der Waals surface area contributed by atoms with E-state index < -0.39 is 25.6 Å². The van der Waals surface area contributed by atoms with Crippen molar-refractivity contribution in [2.75, 3.05) is 0 Å². The van der Waals surface area contributed by atoms with Crippen molar-refractivity contribution in [2.45, 2.75) is 11.5 Å². The van der Waals surface area contributed by atoms with E-state index in [9.17, 15) is 17.2 Å². The Balaban J connectivity index is 2.28. The number of hydrogen-bond donors (Lipinski definition) is 0. The van der Waals surface area contributed by atoms with Crippen molar-refractivity contribution in [3.63, 3.8) is 0 Å². The van der Waals surface area contributed by atoms with Gasteiger partial charge in [-0.05, 0) is 30.3 Å². The molecule has 2 rings (SSSR count). The van der Waals surface area contributed by atoms with Crippen LogP contribution in [0.3, 0.4) is 0 Å². The predicted octanol–water partition coefficient (Wildman–Crippen LogP) is 4.23. The van der Waals surface area contributed by atoms with E-state index in [0.29, 0.717) is 4.47 Å². The standard InChI is InChI=1S/C13H8BrClF2O3S/c14-9-2-1-8(11(17)5-9)7-20-12-4-3-10(16)6-13(12)21(15,18)19/h1-6H,7H2. The van der Waals surface area contributed by atoms with E-state index in [2.05, 4.69) is 15.9 Å². The van der Waals surface area contributed by atoms with Crippen LogP contribution in [-0.2, 0) is 15.7 Å². The van der Waals surface area contributed by atoms with E-state index in [1.54, 1.807) is 6.07 Å². The lowest BCUT2D eigenvalue weighted by molar-refractivity contribution is 0.291. The first-order chi connectivity index (χ1) is 9.77. The summed E-state index contributed by atoms with van der Waals surface area (Å²) < 4.78 is 55.3. The summed E-state index contributed by atoms with van der Waals surface area (Å²) in [5, 5.41) is 0. The summed E-state index contributed by atoms with van der Waals surface area (Å²) in [6, 6.07) is 7.25. The fourth-order valence-electron chi connectivity index (χ4n) is 1.59. The quantitative estimate of drug-likeness (QED) is 0.725. The van der Waals surface area contributed by atoms with Crippen LogP contribution in [0.15, 0.2) is 45.8 Å². The van der Waals surface area contributed by atoms with Crippen LogP contribution in [0.25, 0.3) is 0 Å². The zero-order valence-electron chi connectivity index (χ0n) is 10.3. The molecule has 0 atom stereocenters. The highest BCUT2D eigenvalue weighted by atomic mass is 79.9. The molecule has 0 unspecified atom stereocenters. The van der Waals surface area contributed by atoms with Gasteiger partial charge in [-0.1, -0.05) is 22.0 Å². The van der Waals surface area contributed by atoms with Crippen LogP contribution in [0.4, 0.5) is 8.78 Å². The molecule has 2 aromatic carbocycles. The molecule has 0 aromatic heterocycles. The van der Waals surface area contributed by atoms with Crippen LogP contribution in [0.1, 0.15) is 5.56 Å². The van der Waals surface area contributed by atoms with Gasteiger partial charge in [0, 0.05) is 20.7 Å². The maximum absolute atomic E-state index is 13.6. The van der Waals surface area contributed by atoms with Gasteiger partial charge in [-0.25, -0.2) is 17.2 Å². The largest absolute Gasteiger partial charge is 0.487 e. The molecule has 3 nitrogen and oxygen atoms in total. The van der Waals surface area contributed by atoms with Crippen molar-refractivity contribution in [1.29, 1.82) is 0 Å². The van der Waals surface area contributed by atoms with E-state index >= 15 is 0 Å². The zero-order valence-corrected chi connectivity index (χ0v) is 13.5. The molecule has 0 amide bonds. The Labute approximate surface area is 133 Å². The van der Waals surface area contributed by atoms with Gasteiger partial charge >= 0.3 is 0 Å². The van der Waals surface area contributed by atoms with Gasteiger partial charge in [0.2, 0.25) is 0 Å². The van der Waals surface area contributed by atoms with E-state index in [1.807, 2.05) is 0 Å². The molecule has 0 fully saturated rings. The Bertz CT molecular complexity index is 781. The fraction of sp³-hybridized carbons (Fsp3) is 0.0769. The summed E-state index contributed by atoms with van der Waals surface area (Å²) in [4.78, 5) is -0.498. The highest BCUT2D eigenvalue weighted by molar-refractivity contribution is 9.10. The van der Waals surface area contributed by atoms with Crippen molar-refractivity contribution in [1.82, 2.24) is 0 Å². The van der Waals surface area contributed by atoms with E-state index in [1.165, 1.54) is 12.1 Å². The molecule has 0 radical (unpaired) electrons. The van der Waals surface area contributed by atoms with Crippen LogP contribution in [0.5, 0.6) is 5.75 Å². The predicted molar refractivity (Wildman–Crippen MR) is 77.9 cm³/mol. The molecule has 0 bridgehead atoms. The summed E-state index contributed by atoms with van der Waals surface area (Å²) in [6.45, 7) is -0.218. The molecule has 112 valence electrons. The topological polar surface area (TPSA) is 43.4 Å². The smallest absolute Gasteiger partial charge is 0.265 e. The van der Waals surface area contributed by atoms with Crippen molar-refractivity contribution >= 4 is 35.7 Å². The second-order valence-electron chi connectivity index (χ2n) is 4.05. The minimum absolute atomic E-state index is 0.145. The third-order valence-corrected chi connectivity index (χ3v) is 4.40. The Morgan fingerprint density at radius 3 is 2.48 bits per heavy atom. The lowest BCUT2D eigenvalue weighted by Gasteiger charge is -2.10. The normalized spacial score (nSPS) is 11.4. The number of rotatable bonds is 4. The molecule has 8 heteroatoms. The molecular weight excluding hydrogens is 390 g/mol. The maximum atomic E-state index is 13.6. The Morgan fingerprint density at radius 2 is 1.86 bits per heavy atom. The Morgan fingerprint density at radius 1 is 1.14 bits per heavy atom. The first-order valence-electron chi connectivity index (χ1n) is 5.58. The van der Waals surface area contributed by atoms with E-state index in [-0.39, 0.29) is 17.9 Å². The Hall–Kier alpha value is -1.18. The van der Waals surface area contributed by atoms with Gasteiger partial charge in [-0.3, -0.25) is 0 Å². The van der Waals surface area contributed by atoms with Gasteiger partial charge in [0.25, 0.3) is 9.05 Å². The summed E-state index contributed by atoms with van der Waals surface area (Å²) in [5.74, 6) is -1.42. The Kier molecular flexibility index (Phi) is 4.85. The number of halogens is 4. The van der Waals surface area contributed by atoms with Crippen LogP contribution >= 0.6 is 26.6 Å². The molecule has 0 aliphatic carbocycles. The van der Waals surface area contributed by atoms with E-state index in [0.717, 1.165) is 18.2 Å². The molecule has 0 aliphatic rings. The molecule has 0 heterocycles. The molecular formula is C13H8BrClF2O3S. The van der Waals surface area contributed by atoms with Crippen LogP contribution in [0, 0.1) is 11.6 Å². The summed E-state index contributed by atoms with van der Waals surface area (Å²) in [6.07, 6.45) is 0. The number of benzene rings is 2. The zero-order chi connectivity index (χ0) is 15.6. The van der Waals surface area contributed by atoms with Gasteiger partial charge in [0.1, 0.15) is 28.9 Å². The van der Waals surface area contributed by atoms with Crippen LogP contribution in [0.2, 0.25) is 0 Å². The van der Waals surface area contributed by atoms with E-state index in [4.69, 9.17) is 15.4 Å². The molecule has 0 spiro atoms. The van der Waals surface area contributed by atoms with Gasteiger partial charge in [-0.2, -0.15) is 0 Å². The number of ether oxygens (including phenoxy) is 1. The van der Waals surface area contributed by atoms with Gasteiger partial charge in [-0.15, -0.1) is 0 Å². The average molecular weight is 398 g/mol. The third kappa shape index (κ3) is 4.15. The lowest BCUT2D eigenvalue weighted by atomic mass is 10.2. The SMILES string of the molecule is O=S(=O)(Cl)c1cc(F)ccc1OCc1ccc(Br)cc1F. The van der Waals surface area contributed by atoms with Gasteiger partial charge in [0.05, 0.1) is 0 Å². The first-order valence-corrected chi connectivity index (χ1v) is 8.68.